The Hall–Kier alpha value is -0.810. The van der Waals surface area contributed by atoms with Gasteiger partial charge in [0.1, 0.15) is 5.84 Å². The van der Waals surface area contributed by atoms with Crippen molar-refractivity contribution < 1.29 is 9.94 Å². The topological polar surface area (TPSA) is 71.1 Å². The molecule has 1 heterocycles. The molecule has 18 heavy (non-hydrogen) atoms. The van der Waals surface area contributed by atoms with E-state index in [1.54, 1.807) is 0 Å². The average Bonchev–Trinajstić information content (AvgIpc) is 2.35. The van der Waals surface area contributed by atoms with Gasteiger partial charge in [-0.2, -0.15) is 0 Å². The smallest absolute Gasteiger partial charge is 0.144 e. The lowest BCUT2D eigenvalue weighted by atomic mass is 9.86. The molecule has 0 amide bonds. The van der Waals surface area contributed by atoms with E-state index >= 15 is 0 Å². The molecule has 1 atom stereocenters. The van der Waals surface area contributed by atoms with Gasteiger partial charge in [0.05, 0.1) is 13.2 Å². The number of nitrogens with two attached hydrogens (primary N) is 1. The Morgan fingerprint density at radius 3 is 2.83 bits per heavy atom. The van der Waals surface area contributed by atoms with Crippen LogP contribution in [0.3, 0.4) is 0 Å². The Bertz CT molecular complexity index is 279. The Balaban J connectivity index is 2.22. The molecule has 0 spiro atoms. The van der Waals surface area contributed by atoms with Crippen LogP contribution in [0, 0.1) is 5.41 Å². The van der Waals surface area contributed by atoms with Gasteiger partial charge in [0.25, 0.3) is 0 Å². The van der Waals surface area contributed by atoms with Crippen molar-refractivity contribution >= 4 is 5.84 Å². The summed E-state index contributed by atoms with van der Waals surface area (Å²) >= 11 is 0. The van der Waals surface area contributed by atoms with Crippen LogP contribution < -0.4 is 5.73 Å². The molecule has 1 unspecified atom stereocenters. The van der Waals surface area contributed by atoms with Gasteiger partial charge in [0.2, 0.25) is 0 Å². The van der Waals surface area contributed by atoms with Crippen molar-refractivity contribution in [2.75, 3.05) is 26.3 Å². The lowest BCUT2D eigenvalue weighted by Crippen LogP contribution is -2.44. The number of oxime groups is 1. The number of hydrogen-bond acceptors (Lipinski definition) is 4. The SMILES string of the molecule is CC1COCCN1CCCCC(C)(C)C(N)=NO. The predicted molar refractivity (Wildman–Crippen MR) is 72.9 cm³/mol. The molecule has 1 aliphatic rings. The molecule has 0 radical (unpaired) electrons. The van der Waals surface area contributed by atoms with E-state index in [1.165, 1.54) is 0 Å². The van der Waals surface area contributed by atoms with Crippen LogP contribution in [0.25, 0.3) is 0 Å². The van der Waals surface area contributed by atoms with E-state index in [0.717, 1.165) is 45.6 Å². The minimum absolute atomic E-state index is 0.217. The Kier molecular flexibility index (Phi) is 5.88. The summed E-state index contributed by atoms with van der Waals surface area (Å²) in [5.74, 6) is 0.322. The molecule has 0 aromatic carbocycles. The van der Waals surface area contributed by atoms with Gasteiger partial charge in [-0.25, -0.2) is 0 Å². The van der Waals surface area contributed by atoms with Gasteiger partial charge < -0.3 is 15.7 Å². The molecule has 5 heteroatoms. The molecule has 1 aliphatic heterocycles. The number of hydrogen-bond donors (Lipinski definition) is 2. The molecule has 1 rings (SSSR count). The van der Waals surface area contributed by atoms with Gasteiger partial charge in [0, 0.05) is 18.0 Å². The summed E-state index contributed by atoms with van der Waals surface area (Å²) in [5.41, 5.74) is 5.45. The van der Waals surface area contributed by atoms with Gasteiger partial charge in [-0.3, -0.25) is 4.90 Å². The van der Waals surface area contributed by atoms with Crippen molar-refractivity contribution in [1.29, 1.82) is 0 Å². The Morgan fingerprint density at radius 1 is 1.50 bits per heavy atom. The number of nitrogens with zero attached hydrogens (tertiary/aromatic N) is 2. The largest absolute Gasteiger partial charge is 0.409 e. The molecule has 0 aliphatic carbocycles. The van der Waals surface area contributed by atoms with Crippen LogP contribution >= 0.6 is 0 Å². The highest BCUT2D eigenvalue weighted by Crippen LogP contribution is 2.23. The van der Waals surface area contributed by atoms with Crippen LogP contribution in [0.4, 0.5) is 0 Å². The third kappa shape index (κ3) is 4.46. The fourth-order valence-electron chi connectivity index (χ4n) is 2.24. The van der Waals surface area contributed by atoms with E-state index in [2.05, 4.69) is 17.0 Å². The summed E-state index contributed by atoms with van der Waals surface area (Å²) in [4.78, 5) is 2.47. The highest BCUT2D eigenvalue weighted by molar-refractivity contribution is 5.85. The molecule has 1 saturated heterocycles. The van der Waals surface area contributed by atoms with Crippen molar-refractivity contribution in [3.63, 3.8) is 0 Å². The van der Waals surface area contributed by atoms with E-state index in [0.29, 0.717) is 11.9 Å². The highest BCUT2D eigenvalue weighted by Gasteiger charge is 2.23. The monoisotopic (exact) mass is 257 g/mol. The van der Waals surface area contributed by atoms with Crippen molar-refractivity contribution in [3.05, 3.63) is 0 Å². The number of morpholine rings is 1. The number of unbranched alkanes of at least 4 members (excludes halogenated alkanes) is 1. The Morgan fingerprint density at radius 2 is 2.22 bits per heavy atom. The Labute approximate surface area is 110 Å². The second-order valence-corrected chi connectivity index (χ2v) is 5.79. The summed E-state index contributed by atoms with van der Waals surface area (Å²) in [6.07, 6.45) is 3.18. The van der Waals surface area contributed by atoms with Crippen LogP contribution in [0.1, 0.15) is 40.0 Å². The summed E-state index contributed by atoms with van der Waals surface area (Å²) in [7, 11) is 0. The third-order valence-electron chi connectivity index (χ3n) is 3.80. The zero-order valence-corrected chi connectivity index (χ0v) is 11.9. The van der Waals surface area contributed by atoms with E-state index < -0.39 is 0 Å². The fourth-order valence-corrected chi connectivity index (χ4v) is 2.24. The van der Waals surface area contributed by atoms with Crippen LogP contribution in [0.5, 0.6) is 0 Å². The van der Waals surface area contributed by atoms with Gasteiger partial charge in [-0.05, 0) is 26.3 Å². The number of ether oxygens (including phenoxy) is 1. The van der Waals surface area contributed by atoms with Crippen LogP contribution in [0.15, 0.2) is 5.16 Å². The maximum Gasteiger partial charge on any atom is 0.144 e. The molecular formula is C13H27N3O2. The molecule has 5 nitrogen and oxygen atoms in total. The molecule has 3 N–H and O–H groups in total. The van der Waals surface area contributed by atoms with E-state index in [9.17, 15) is 0 Å². The first-order chi connectivity index (χ1) is 8.47. The summed E-state index contributed by atoms with van der Waals surface area (Å²) in [6, 6.07) is 0.524. The molecule has 0 aromatic rings. The highest BCUT2D eigenvalue weighted by atomic mass is 16.5. The molecule has 0 aromatic heterocycles. The number of amidine groups is 1. The van der Waals surface area contributed by atoms with Crippen LogP contribution in [0.2, 0.25) is 0 Å². The van der Waals surface area contributed by atoms with Crippen molar-refractivity contribution in [1.82, 2.24) is 4.90 Å². The molecule has 0 saturated carbocycles. The van der Waals surface area contributed by atoms with E-state index in [4.69, 9.17) is 15.7 Å². The fraction of sp³-hybridized carbons (Fsp3) is 0.923. The van der Waals surface area contributed by atoms with Crippen LogP contribution in [-0.2, 0) is 4.74 Å². The lowest BCUT2D eigenvalue weighted by molar-refractivity contribution is -0.00106. The van der Waals surface area contributed by atoms with Crippen molar-refractivity contribution in [3.8, 4) is 0 Å². The van der Waals surface area contributed by atoms with Crippen LogP contribution in [-0.4, -0.2) is 48.3 Å². The zero-order chi connectivity index (χ0) is 13.6. The minimum atomic E-state index is -0.217. The van der Waals surface area contributed by atoms with Gasteiger partial charge in [-0.15, -0.1) is 0 Å². The van der Waals surface area contributed by atoms with E-state index in [-0.39, 0.29) is 5.41 Å². The molecule has 0 bridgehead atoms. The van der Waals surface area contributed by atoms with Crippen molar-refractivity contribution in [2.45, 2.75) is 46.1 Å². The van der Waals surface area contributed by atoms with Gasteiger partial charge in [-0.1, -0.05) is 25.4 Å². The molecule has 106 valence electrons. The first-order valence-electron chi connectivity index (χ1n) is 6.77. The maximum atomic E-state index is 8.71. The van der Waals surface area contributed by atoms with Gasteiger partial charge in [0.15, 0.2) is 0 Å². The standard InChI is InChI=1S/C13H27N3O2/c1-11-10-18-9-8-16(11)7-5-4-6-13(2,3)12(14)15-17/h11,17H,4-10H2,1-3H3,(H2,14,15). The average molecular weight is 257 g/mol. The predicted octanol–water partition coefficient (Wildman–Crippen LogP) is 1.65. The quantitative estimate of drug-likeness (QED) is 0.249. The normalized spacial score (nSPS) is 23.3. The van der Waals surface area contributed by atoms with E-state index in [1.807, 2.05) is 13.8 Å². The molecule has 1 fully saturated rings. The van der Waals surface area contributed by atoms with Gasteiger partial charge >= 0.3 is 0 Å². The van der Waals surface area contributed by atoms with Crippen molar-refractivity contribution in [2.24, 2.45) is 16.3 Å². The zero-order valence-electron chi connectivity index (χ0n) is 11.9. The summed E-state index contributed by atoms with van der Waals surface area (Å²) in [6.45, 7) is 10.1. The summed E-state index contributed by atoms with van der Waals surface area (Å²) < 4.78 is 5.42. The summed E-state index contributed by atoms with van der Waals surface area (Å²) in [5, 5.41) is 11.8. The second-order valence-electron chi connectivity index (χ2n) is 5.79. The lowest BCUT2D eigenvalue weighted by Gasteiger charge is -2.33. The first-order valence-corrected chi connectivity index (χ1v) is 6.77. The molecular weight excluding hydrogens is 230 g/mol. The minimum Gasteiger partial charge on any atom is -0.409 e. The maximum absolute atomic E-state index is 8.71. The third-order valence-corrected chi connectivity index (χ3v) is 3.80. The first kappa shape index (κ1) is 15.2. The second kappa shape index (κ2) is 6.95. The number of rotatable bonds is 6.